The maximum atomic E-state index is 9.51. The number of hydrogen-bond acceptors (Lipinski definition) is 5. The van der Waals surface area contributed by atoms with Crippen molar-refractivity contribution in [2.45, 2.75) is 0 Å². The lowest BCUT2D eigenvalue weighted by Crippen LogP contribution is -2.05. The van der Waals surface area contributed by atoms with Crippen molar-refractivity contribution in [2.75, 3.05) is 5.73 Å². The number of hydrogen-bond donors (Lipinski definition) is 2. The van der Waals surface area contributed by atoms with E-state index >= 15 is 0 Å². The smallest absolute Gasteiger partial charge is 0.150 e. The molecule has 0 radical (unpaired) electrons. The van der Waals surface area contributed by atoms with E-state index < -0.39 is 0 Å². The third-order valence-corrected chi connectivity index (χ3v) is 4.02. The topological polar surface area (TPSA) is 88.8 Å². The van der Waals surface area contributed by atoms with E-state index in [1.54, 1.807) is 24.5 Å². The van der Waals surface area contributed by atoms with Crippen LogP contribution in [0.3, 0.4) is 0 Å². The van der Waals surface area contributed by atoms with Crippen LogP contribution in [0.5, 0.6) is 0 Å². The Balaban J connectivity index is 1.91. The second-order valence-corrected chi connectivity index (χ2v) is 5.54. The van der Waals surface area contributed by atoms with Gasteiger partial charge in [-0.1, -0.05) is 35.5 Å². The second-order valence-electron chi connectivity index (χ2n) is 5.54. The number of aromatic nitrogens is 3. The standard InChI is InChI=1S/C19H15N5O/c20-19-18(14-4-2-1-3-5-14)24-12-15(6-7-16(24)22-19)17(23-25)13-8-10-21-11-9-13/h1-12,25H,20H2/b23-17+. The summed E-state index contributed by atoms with van der Waals surface area (Å²) in [5.74, 6) is 0.453. The van der Waals surface area contributed by atoms with Crippen molar-refractivity contribution in [1.29, 1.82) is 0 Å². The molecule has 6 heteroatoms. The van der Waals surface area contributed by atoms with Crippen LogP contribution in [0.15, 0.2) is 78.3 Å². The molecule has 3 heterocycles. The molecule has 0 amide bonds. The maximum absolute atomic E-state index is 9.51. The summed E-state index contributed by atoms with van der Waals surface area (Å²) in [4.78, 5) is 8.41. The molecule has 0 atom stereocenters. The Hall–Kier alpha value is -3.67. The van der Waals surface area contributed by atoms with Gasteiger partial charge in [-0.05, 0) is 24.3 Å². The fraction of sp³-hybridized carbons (Fsp3) is 0. The molecular weight excluding hydrogens is 314 g/mol. The minimum atomic E-state index is 0.453. The highest BCUT2D eigenvalue weighted by Gasteiger charge is 2.14. The number of imidazole rings is 1. The van der Waals surface area contributed by atoms with E-state index in [9.17, 15) is 5.21 Å². The zero-order valence-electron chi connectivity index (χ0n) is 13.2. The van der Waals surface area contributed by atoms with Gasteiger partial charge in [-0.3, -0.25) is 9.38 Å². The van der Waals surface area contributed by atoms with Crippen molar-refractivity contribution in [1.82, 2.24) is 14.4 Å². The van der Waals surface area contributed by atoms with Crippen molar-refractivity contribution in [3.05, 3.63) is 84.3 Å². The summed E-state index contributed by atoms with van der Waals surface area (Å²) in [5.41, 5.74) is 10.6. The fourth-order valence-corrected chi connectivity index (χ4v) is 2.88. The number of benzene rings is 1. The summed E-state index contributed by atoms with van der Waals surface area (Å²) in [6.07, 6.45) is 5.18. The van der Waals surface area contributed by atoms with Crippen LogP contribution in [0.1, 0.15) is 11.1 Å². The number of oxime groups is 1. The zero-order valence-corrected chi connectivity index (χ0v) is 13.2. The second kappa shape index (κ2) is 6.09. The highest BCUT2D eigenvalue weighted by molar-refractivity contribution is 6.12. The SMILES string of the molecule is Nc1nc2ccc(/C(=N/O)c3ccncc3)cn2c1-c1ccccc1. The monoisotopic (exact) mass is 329 g/mol. The third-order valence-electron chi connectivity index (χ3n) is 4.02. The summed E-state index contributed by atoms with van der Waals surface area (Å²) in [5, 5.41) is 13.0. The zero-order chi connectivity index (χ0) is 17.2. The predicted octanol–water partition coefficient (Wildman–Crippen LogP) is 3.21. The molecule has 0 saturated heterocycles. The first-order valence-electron chi connectivity index (χ1n) is 7.74. The molecule has 1 aromatic carbocycles. The Kier molecular flexibility index (Phi) is 3.63. The first kappa shape index (κ1) is 14.9. The van der Waals surface area contributed by atoms with Gasteiger partial charge < -0.3 is 10.9 Å². The summed E-state index contributed by atoms with van der Waals surface area (Å²) >= 11 is 0. The Bertz CT molecular complexity index is 1060. The van der Waals surface area contributed by atoms with Gasteiger partial charge in [-0.15, -0.1) is 0 Å². The molecule has 0 aliphatic carbocycles. The lowest BCUT2D eigenvalue weighted by atomic mass is 10.1. The number of nitrogens with zero attached hydrogens (tertiary/aromatic N) is 4. The molecule has 3 N–H and O–H groups in total. The van der Waals surface area contributed by atoms with Crippen LogP contribution in [-0.2, 0) is 0 Å². The fourth-order valence-electron chi connectivity index (χ4n) is 2.88. The molecule has 0 spiro atoms. The van der Waals surface area contributed by atoms with Gasteiger partial charge in [0.25, 0.3) is 0 Å². The van der Waals surface area contributed by atoms with Crippen molar-refractivity contribution >= 4 is 17.2 Å². The van der Waals surface area contributed by atoms with E-state index in [0.29, 0.717) is 11.5 Å². The van der Waals surface area contributed by atoms with Crippen LogP contribution in [0.25, 0.3) is 16.9 Å². The minimum absolute atomic E-state index is 0.453. The molecule has 3 aromatic heterocycles. The summed E-state index contributed by atoms with van der Waals surface area (Å²) in [6.45, 7) is 0. The quantitative estimate of drug-likeness (QED) is 0.343. The number of rotatable bonds is 3. The lowest BCUT2D eigenvalue weighted by molar-refractivity contribution is 0.319. The molecule has 122 valence electrons. The van der Waals surface area contributed by atoms with Crippen molar-refractivity contribution in [3.8, 4) is 11.3 Å². The van der Waals surface area contributed by atoms with E-state index in [4.69, 9.17) is 5.73 Å². The molecule has 0 aliphatic rings. The first-order chi connectivity index (χ1) is 12.3. The molecule has 25 heavy (non-hydrogen) atoms. The molecule has 4 aromatic rings. The van der Waals surface area contributed by atoms with E-state index in [1.807, 2.05) is 53.1 Å². The summed E-state index contributed by atoms with van der Waals surface area (Å²) in [6, 6.07) is 17.1. The van der Waals surface area contributed by atoms with Crippen molar-refractivity contribution < 1.29 is 5.21 Å². The summed E-state index contributed by atoms with van der Waals surface area (Å²) in [7, 11) is 0. The third kappa shape index (κ3) is 2.59. The van der Waals surface area contributed by atoms with Gasteiger partial charge in [-0.2, -0.15) is 0 Å². The van der Waals surface area contributed by atoms with Gasteiger partial charge in [-0.25, -0.2) is 4.98 Å². The number of nitrogens with two attached hydrogens (primary N) is 1. The van der Waals surface area contributed by atoms with Gasteiger partial charge >= 0.3 is 0 Å². The molecule has 0 fully saturated rings. The molecular formula is C19H15N5O. The normalized spacial score (nSPS) is 11.8. The molecule has 0 bridgehead atoms. The molecule has 6 nitrogen and oxygen atoms in total. The van der Waals surface area contributed by atoms with E-state index in [-0.39, 0.29) is 0 Å². The van der Waals surface area contributed by atoms with Crippen LogP contribution in [0.4, 0.5) is 5.82 Å². The van der Waals surface area contributed by atoms with Crippen molar-refractivity contribution in [3.63, 3.8) is 0 Å². The predicted molar refractivity (Wildman–Crippen MR) is 96.7 cm³/mol. The average molecular weight is 329 g/mol. The largest absolute Gasteiger partial charge is 0.410 e. The highest BCUT2D eigenvalue weighted by atomic mass is 16.4. The van der Waals surface area contributed by atoms with Gasteiger partial charge in [0.1, 0.15) is 11.4 Å². The van der Waals surface area contributed by atoms with Crippen LogP contribution < -0.4 is 5.73 Å². The Labute approximate surface area is 143 Å². The number of nitrogen functional groups attached to an aromatic ring is 1. The van der Waals surface area contributed by atoms with Gasteiger partial charge in [0.15, 0.2) is 5.82 Å². The number of anilines is 1. The van der Waals surface area contributed by atoms with E-state index in [0.717, 1.165) is 28.0 Å². The lowest BCUT2D eigenvalue weighted by Gasteiger charge is -2.08. The first-order valence-corrected chi connectivity index (χ1v) is 7.74. The molecule has 0 aliphatic heterocycles. The Morgan fingerprint density at radius 3 is 2.44 bits per heavy atom. The van der Waals surface area contributed by atoms with Gasteiger partial charge in [0.05, 0.1) is 5.69 Å². The summed E-state index contributed by atoms with van der Waals surface area (Å²) < 4.78 is 1.91. The van der Waals surface area contributed by atoms with Gasteiger partial charge in [0, 0.05) is 35.3 Å². The van der Waals surface area contributed by atoms with Crippen LogP contribution >= 0.6 is 0 Å². The van der Waals surface area contributed by atoms with Crippen LogP contribution in [-0.4, -0.2) is 25.3 Å². The number of fused-ring (bicyclic) bond motifs is 1. The molecule has 0 unspecified atom stereocenters. The molecule has 4 rings (SSSR count). The Morgan fingerprint density at radius 2 is 1.72 bits per heavy atom. The minimum Gasteiger partial charge on any atom is -0.410 e. The van der Waals surface area contributed by atoms with Crippen LogP contribution in [0.2, 0.25) is 0 Å². The van der Waals surface area contributed by atoms with Gasteiger partial charge in [0.2, 0.25) is 0 Å². The molecule has 0 saturated carbocycles. The Morgan fingerprint density at radius 1 is 0.960 bits per heavy atom. The van der Waals surface area contributed by atoms with Crippen molar-refractivity contribution in [2.24, 2.45) is 5.16 Å². The van der Waals surface area contributed by atoms with E-state index in [1.165, 1.54) is 0 Å². The number of pyridine rings is 2. The van der Waals surface area contributed by atoms with E-state index in [2.05, 4.69) is 15.1 Å². The van der Waals surface area contributed by atoms with Crippen LogP contribution in [0, 0.1) is 0 Å². The maximum Gasteiger partial charge on any atom is 0.150 e. The highest BCUT2D eigenvalue weighted by Crippen LogP contribution is 2.27. The average Bonchev–Trinajstić information content (AvgIpc) is 2.99.